The molecule has 1 fully saturated rings. The Morgan fingerprint density at radius 3 is 2.54 bits per heavy atom. The minimum Gasteiger partial charge on any atom is -0.352 e. The lowest BCUT2D eigenvalue weighted by atomic mass is 10.0. The highest BCUT2D eigenvalue weighted by Gasteiger charge is 2.32. The molecule has 1 rings (SSSR count). The van der Waals surface area contributed by atoms with E-state index in [0.29, 0.717) is 10.8 Å². The Balaban J connectivity index is 2.37. The van der Waals surface area contributed by atoms with Crippen LogP contribution in [0.4, 0.5) is 0 Å². The molecule has 13 heavy (non-hydrogen) atoms. The molecule has 0 saturated carbocycles. The van der Waals surface area contributed by atoms with Crippen molar-refractivity contribution in [1.29, 1.82) is 0 Å². The molecule has 1 aliphatic heterocycles. The summed E-state index contributed by atoms with van der Waals surface area (Å²) in [6, 6.07) is 0.384. The molecule has 0 aromatic heterocycles. The smallest absolute Gasteiger partial charge is 0.222 e. The third-order valence-electron chi connectivity index (χ3n) is 2.28. The second-order valence-electron chi connectivity index (χ2n) is 4.64. The SMILES string of the molecule is CC(C)C(=O)N[C@@H]1CSC(C)(C)C1. The Hall–Kier alpha value is -0.180. The van der Waals surface area contributed by atoms with Crippen molar-refractivity contribution in [2.45, 2.75) is 44.9 Å². The largest absolute Gasteiger partial charge is 0.352 e. The first-order chi connectivity index (χ1) is 5.91. The normalized spacial score (nSPS) is 26.4. The van der Waals surface area contributed by atoms with Gasteiger partial charge in [-0.1, -0.05) is 27.7 Å². The first-order valence-electron chi connectivity index (χ1n) is 4.85. The molecule has 1 aliphatic rings. The topological polar surface area (TPSA) is 29.1 Å². The van der Waals surface area contributed by atoms with Crippen molar-refractivity contribution < 1.29 is 4.79 Å². The van der Waals surface area contributed by atoms with Crippen LogP contribution in [0, 0.1) is 5.92 Å². The van der Waals surface area contributed by atoms with Crippen molar-refractivity contribution in [1.82, 2.24) is 5.32 Å². The highest BCUT2D eigenvalue weighted by atomic mass is 32.2. The summed E-state index contributed by atoms with van der Waals surface area (Å²) in [6.45, 7) is 8.34. The van der Waals surface area contributed by atoms with E-state index >= 15 is 0 Å². The van der Waals surface area contributed by atoms with E-state index in [9.17, 15) is 4.79 Å². The summed E-state index contributed by atoms with van der Waals surface area (Å²) in [7, 11) is 0. The van der Waals surface area contributed by atoms with Gasteiger partial charge >= 0.3 is 0 Å². The molecule has 1 saturated heterocycles. The Morgan fingerprint density at radius 1 is 1.54 bits per heavy atom. The molecule has 0 bridgehead atoms. The van der Waals surface area contributed by atoms with E-state index in [4.69, 9.17) is 0 Å². The lowest BCUT2D eigenvalue weighted by Gasteiger charge is -2.17. The van der Waals surface area contributed by atoms with Gasteiger partial charge in [0.05, 0.1) is 0 Å². The molecule has 0 spiro atoms. The van der Waals surface area contributed by atoms with E-state index in [1.165, 1.54) is 0 Å². The van der Waals surface area contributed by atoms with Crippen LogP contribution in [0.3, 0.4) is 0 Å². The maximum absolute atomic E-state index is 11.4. The fraction of sp³-hybridized carbons (Fsp3) is 0.900. The molecule has 0 aliphatic carbocycles. The zero-order valence-corrected chi connectivity index (χ0v) is 9.70. The Kier molecular flexibility index (Phi) is 3.28. The Labute approximate surface area is 84.9 Å². The molecule has 1 atom stereocenters. The monoisotopic (exact) mass is 201 g/mol. The van der Waals surface area contributed by atoms with Crippen LogP contribution in [0.5, 0.6) is 0 Å². The molecule has 1 heterocycles. The lowest BCUT2D eigenvalue weighted by Crippen LogP contribution is -2.38. The van der Waals surface area contributed by atoms with Crippen molar-refractivity contribution in [3.8, 4) is 0 Å². The van der Waals surface area contributed by atoms with Crippen LogP contribution in [0.1, 0.15) is 34.1 Å². The van der Waals surface area contributed by atoms with Crippen LogP contribution >= 0.6 is 11.8 Å². The summed E-state index contributed by atoms with van der Waals surface area (Å²) in [5, 5.41) is 3.07. The van der Waals surface area contributed by atoms with E-state index < -0.39 is 0 Å². The van der Waals surface area contributed by atoms with E-state index in [-0.39, 0.29) is 11.8 Å². The average Bonchev–Trinajstić information content (AvgIpc) is 2.30. The highest BCUT2D eigenvalue weighted by molar-refractivity contribution is 8.00. The summed E-state index contributed by atoms with van der Waals surface area (Å²) < 4.78 is 0.342. The van der Waals surface area contributed by atoms with Crippen molar-refractivity contribution in [2.75, 3.05) is 5.75 Å². The molecular formula is C10H19NOS. The van der Waals surface area contributed by atoms with Gasteiger partial charge in [0.1, 0.15) is 0 Å². The van der Waals surface area contributed by atoms with Crippen LogP contribution in [0.2, 0.25) is 0 Å². The van der Waals surface area contributed by atoms with Crippen LogP contribution in [-0.2, 0) is 4.79 Å². The second kappa shape index (κ2) is 3.91. The van der Waals surface area contributed by atoms with E-state index in [1.54, 1.807) is 0 Å². The number of rotatable bonds is 2. The summed E-state index contributed by atoms with van der Waals surface area (Å²) >= 11 is 1.95. The number of hydrogen-bond donors (Lipinski definition) is 1. The maximum atomic E-state index is 11.4. The third kappa shape index (κ3) is 3.22. The van der Waals surface area contributed by atoms with E-state index in [0.717, 1.165) is 12.2 Å². The standard InChI is InChI=1S/C10H19NOS/c1-7(2)9(12)11-8-5-10(3,4)13-6-8/h7-8H,5-6H2,1-4H3,(H,11,12)/t8-/m0/s1. The quantitative estimate of drug-likeness (QED) is 0.741. The number of nitrogens with one attached hydrogen (secondary N) is 1. The van der Waals surface area contributed by atoms with Gasteiger partial charge in [-0.25, -0.2) is 0 Å². The van der Waals surface area contributed by atoms with Gasteiger partial charge in [-0.15, -0.1) is 0 Å². The van der Waals surface area contributed by atoms with Gasteiger partial charge in [0, 0.05) is 22.5 Å². The Bertz CT molecular complexity index is 201. The van der Waals surface area contributed by atoms with E-state index in [1.807, 2.05) is 25.6 Å². The fourth-order valence-electron chi connectivity index (χ4n) is 1.50. The zero-order chi connectivity index (χ0) is 10.1. The molecule has 76 valence electrons. The first-order valence-corrected chi connectivity index (χ1v) is 5.83. The van der Waals surface area contributed by atoms with Gasteiger partial charge < -0.3 is 5.32 Å². The molecule has 3 heteroatoms. The molecule has 2 nitrogen and oxygen atoms in total. The van der Waals surface area contributed by atoms with Crippen molar-refractivity contribution in [2.24, 2.45) is 5.92 Å². The molecule has 0 radical (unpaired) electrons. The highest BCUT2D eigenvalue weighted by Crippen LogP contribution is 2.37. The van der Waals surface area contributed by atoms with Gasteiger partial charge in [-0.05, 0) is 6.42 Å². The van der Waals surface area contributed by atoms with Gasteiger partial charge in [0.25, 0.3) is 0 Å². The van der Waals surface area contributed by atoms with Gasteiger partial charge in [0.15, 0.2) is 0 Å². The number of amides is 1. The van der Waals surface area contributed by atoms with Crippen LogP contribution < -0.4 is 5.32 Å². The molecule has 1 N–H and O–H groups in total. The second-order valence-corrected chi connectivity index (χ2v) is 6.36. The summed E-state index contributed by atoms with van der Waals surface area (Å²) in [5.41, 5.74) is 0. The molecule has 0 aromatic carbocycles. The van der Waals surface area contributed by atoms with Gasteiger partial charge in [-0.3, -0.25) is 4.79 Å². The van der Waals surface area contributed by atoms with Crippen LogP contribution in [0.25, 0.3) is 0 Å². The van der Waals surface area contributed by atoms with Crippen molar-refractivity contribution in [3.63, 3.8) is 0 Å². The van der Waals surface area contributed by atoms with Crippen molar-refractivity contribution >= 4 is 17.7 Å². The number of carbonyl (C=O) groups excluding carboxylic acids is 1. The number of thioether (sulfide) groups is 1. The number of hydrogen-bond acceptors (Lipinski definition) is 2. The summed E-state index contributed by atoms with van der Waals surface area (Å²) in [6.07, 6.45) is 1.09. The van der Waals surface area contributed by atoms with Crippen LogP contribution in [-0.4, -0.2) is 22.4 Å². The zero-order valence-electron chi connectivity index (χ0n) is 8.89. The third-order valence-corrected chi connectivity index (χ3v) is 3.80. The average molecular weight is 201 g/mol. The Morgan fingerprint density at radius 2 is 2.15 bits per heavy atom. The minimum absolute atomic E-state index is 0.105. The summed E-state index contributed by atoms with van der Waals surface area (Å²) in [5.74, 6) is 1.35. The molecule has 1 amide bonds. The maximum Gasteiger partial charge on any atom is 0.222 e. The van der Waals surface area contributed by atoms with E-state index in [2.05, 4.69) is 19.2 Å². The van der Waals surface area contributed by atoms with Gasteiger partial charge in [0.2, 0.25) is 5.91 Å². The summed E-state index contributed by atoms with van der Waals surface area (Å²) in [4.78, 5) is 11.4. The minimum atomic E-state index is 0.105. The molecular weight excluding hydrogens is 182 g/mol. The van der Waals surface area contributed by atoms with Crippen LogP contribution in [0.15, 0.2) is 0 Å². The van der Waals surface area contributed by atoms with Gasteiger partial charge in [-0.2, -0.15) is 11.8 Å². The number of carbonyl (C=O) groups is 1. The molecule has 0 aromatic rings. The predicted octanol–water partition coefficient (Wildman–Crippen LogP) is 2.04. The van der Waals surface area contributed by atoms with Crippen molar-refractivity contribution in [3.05, 3.63) is 0 Å². The first kappa shape index (κ1) is 10.9. The lowest BCUT2D eigenvalue weighted by molar-refractivity contribution is -0.124. The fourth-order valence-corrected chi connectivity index (χ4v) is 2.67. The molecule has 0 unspecified atom stereocenters. The predicted molar refractivity (Wildman–Crippen MR) is 57.9 cm³/mol.